The summed E-state index contributed by atoms with van der Waals surface area (Å²) in [5.74, 6) is -0.0906. The zero-order valence-corrected chi connectivity index (χ0v) is 26.2. The smallest absolute Gasteiger partial charge is 0.416 e. The van der Waals surface area contributed by atoms with Gasteiger partial charge in [0.2, 0.25) is 11.8 Å². The number of halogens is 4. The molecule has 8 nitrogen and oxygen atoms in total. The second-order valence-electron chi connectivity index (χ2n) is 12.0. The van der Waals surface area contributed by atoms with Crippen LogP contribution in [0.25, 0.3) is 11.0 Å². The SMILES string of the molecule is O=C1CCCN1Cc1ccccc1C1CCN(C(=O)C(Cc2ccc(Cl)cc2)NOc2cc(=O)c3cc(C(F)(F)F)ccc3o2)CC1. The van der Waals surface area contributed by atoms with Gasteiger partial charge in [-0.05, 0) is 78.6 Å². The molecular weight excluding hydrogens is 635 g/mol. The van der Waals surface area contributed by atoms with E-state index in [2.05, 4.69) is 17.6 Å². The first-order valence-electron chi connectivity index (χ1n) is 15.5. The van der Waals surface area contributed by atoms with Crippen LogP contribution in [0.5, 0.6) is 5.95 Å². The third-order valence-corrected chi connectivity index (χ3v) is 9.07. The highest BCUT2D eigenvalue weighted by atomic mass is 35.5. The Balaban J connectivity index is 1.16. The lowest BCUT2D eigenvalue weighted by Crippen LogP contribution is -2.51. The molecule has 0 saturated carbocycles. The van der Waals surface area contributed by atoms with Crippen LogP contribution in [0.15, 0.2) is 82.0 Å². The molecule has 0 spiro atoms. The molecule has 1 N–H and O–H groups in total. The lowest BCUT2D eigenvalue weighted by molar-refractivity contribution is -0.138. The van der Waals surface area contributed by atoms with Crippen molar-refractivity contribution in [3.05, 3.63) is 110 Å². The average molecular weight is 668 g/mol. The van der Waals surface area contributed by atoms with Crippen LogP contribution in [0, 0.1) is 0 Å². The van der Waals surface area contributed by atoms with Gasteiger partial charge in [-0.2, -0.15) is 13.2 Å². The van der Waals surface area contributed by atoms with Crippen LogP contribution in [-0.2, 0) is 28.7 Å². The van der Waals surface area contributed by atoms with Crippen molar-refractivity contribution in [2.24, 2.45) is 0 Å². The Bertz CT molecular complexity index is 1820. The Hall–Kier alpha value is -4.35. The number of benzene rings is 3. The number of nitrogens with zero attached hydrogens (tertiary/aromatic N) is 2. The average Bonchev–Trinajstić information content (AvgIpc) is 3.47. The summed E-state index contributed by atoms with van der Waals surface area (Å²) < 4.78 is 45.0. The number of rotatable bonds is 9. The number of amides is 2. The van der Waals surface area contributed by atoms with Crippen LogP contribution in [0.2, 0.25) is 5.02 Å². The highest BCUT2D eigenvalue weighted by Gasteiger charge is 2.32. The summed E-state index contributed by atoms with van der Waals surface area (Å²) in [6, 6.07) is 17.9. The van der Waals surface area contributed by atoms with Gasteiger partial charge in [-0.15, -0.1) is 5.48 Å². The van der Waals surface area contributed by atoms with E-state index >= 15 is 0 Å². The number of carbonyl (C=O) groups is 2. The highest BCUT2D eigenvalue weighted by molar-refractivity contribution is 6.30. The molecule has 47 heavy (non-hydrogen) atoms. The number of hydrogen-bond acceptors (Lipinski definition) is 6. The van der Waals surface area contributed by atoms with Gasteiger partial charge in [0.05, 0.1) is 17.0 Å². The molecule has 1 unspecified atom stereocenters. The quantitative estimate of drug-likeness (QED) is 0.205. The standard InChI is InChI=1S/C35H33ClF3N3O5/c36-26-10-7-22(8-11-26)18-29(40-47-33-20-30(43)28-19-25(35(37,38)39)9-12-31(28)46-33)34(45)41-16-13-23(14-17-41)27-5-2-1-4-24(27)21-42-15-3-6-32(42)44/h1-2,4-5,7-12,19-20,23,29,40H,3,6,13-18,21H2. The van der Waals surface area contributed by atoms with Crippen molar-refractivity contribution in [3.63, 3.8) is 0 Å². The van der Waals surface area contributed by atoms with Crippen LogP contribution in [0.4, 0.5) is 13.2 Å². The number of piperidine rings is 1. The van der Waals surface area contributed by atoms with Gasteiger partial charge in [-0.3, -0.25) is 14.4 Å². The zero-order valence-electron chi connectivity index (χ0n) is 25.4. The molecule has 6 rings (SSSR count). The van der Waals surface area contributed by atoms with Gasteiger partial charge in [0, 0.05) is 37.6 Å². The topological polar surface area (TPSA) is 92.1 Å². The summed E-state index contributed by atoms with van der Waals surface area (Å²) in [4.78, 5) is 48.1. The molecule has 2 fully saturated rings. The van der Waals surface area contributed by atoms with Crippen molar-refractivity contribution in [3.8, 4) is 5.95 Å². The summed E-state index contributed by atoms with van der Waals surface area (Å²) in [6.45, 7) is 2.37. The molecular formula is C35H33ClF3N3O5. The molecule has 3 heterocycles. The monoisotopic (exact) mass is 667 g/mol. The summed E-state index contributed by atoms with van der Waals surface area (Å²) in [7, 11) is 0. The molecule has 0 radical (unpaired) electrons. The van der Waals surface area contributed by atoms with Gasteiger partial charge in [-0.1, -0.05) is 48.0 Å². The Kier molecular flexibility index (Phi) is 9.56. The van der Waals surface area contributed by atoms with Crippen LogP contribution in [0.1, 0.15) is 53.9 Å². The fourth-order valence-corrected chi connectivity index (χ4v) is 6.44. The predicted octanol–water partition coefficient (Wildman–Crippen LogP) is 6.49. The number of hydroxylamine groups is 1. The second kappa shape index (κ2) is 13.8. The van der Waals surface area contributed by atoms with E-state index in [1.165, 1.54) is 5.56 Å². The van der Waals surface area contributed by atoms with Crippen molar-refractivity contribution in [1.29, 1.82) is 0 Å². The van der Waals surface area contributed by atoms with Crippen molar-refractivity contribution >= 4 is 34.4 Å². The van der Waals surface area contributed by atoms with Crippen LogP contribution in [-0.4, -0.2) is 47.3 Å². The van der Waals surface area contributed by atoms with Gasteiger partial charge in [0.25, 0.3) is 0 Å². The third kappa shape index (κ3) is 7.63. The van der Waals surface area contributed by atoms with E-state index in [0.717, 1.165) is 61.2 Å². The summed E-state index contributed by atoms with van der Waals surface area (Å²) in [5, 5.41) is 0.307. The van der Waals surface area contributed by atoms with Crippen molar-refractivity contribution in [2.75, 3.05) is 19.6 Å². The number of fused-ring (bicyclic) bond motifs is 1. The number of alkyl halides is 3. The molecule has 2 amide bonds. The molecule has 0 aliphatic carbocycles. The Morgan fingerprint density at radius 3 is 2.45 bits per heavy atom. The largest absolute Gasteiger partial charge is 0.424 e. The number of hydrogen-bond donors (Lipinski definition) is 1. The van der Waals surface area contributed by atoms with Crippen molar-refractivity contribution in [1.82, 2.24) is 15.3 Å². The number of nitrogens with one attached hydrogen (secondary N) is 1. The first-order valence-corrected chi connectivity index (χ1v) is 15.9. The minimum Gasteiger partial charge on any atom is -0.424 e. The van der Waals surface area contributed by atoms with Gasteiger partial charge >= 0.3 is 12.1 Å². The number of likely N-dealkylation sites (tertiary alicyclic amines) is 2. The van der Waals surface area contributed by atoms with Gasteiger partial charge in [0.15, 0.2) is 5.43 Å². The van der Waals surface area contributed by atoms with E-state index in [9.17, 15) is 27.6 Å². The second-order valence-corrected chi connectivity index (χ2v) is 12.4. The first kappa shape index (κ1) is 32.6. The Labute approximate surface area is 274 Å². The molecule has 0 bridgehead atoms. The predicted molar refractivity (Wildman–Crippen MR) is 170 cm³/mol. The minimum absolute atomic E-state index is 0.0840. The van der Waals surface area contributed by atoms with E-state index in [1.807, 2.05) is 17.0 Å². The van der Waals surface area contributed by atoms with E-state index in [4.69, 9.17) is 20.9 Å². The summed E-state index contributed by atoms with van der Waals surface area (Å²) in [6.07, 6.45) is -1.43. The molecule has 12 heteroatoms. The first-order chi connectivity index (χ1) is 22.5. The Morgan fingerprint density at radius 2 is 1.74 bits per heavy atom. The van der Waals surface area contributed by atoms with Crippen molar-refractivity contribution in [2.45, 2.75) is 56.8 Å². The maximum Gasteiger partial charge on any atom is 0.416 e. The molecule has 1 aromatic heterocycles. The minimum atomic E-state index is -4.61. The fraction of sp³-hybridized carbons (Fsp3) is 0.343. The summed E-state index contributed by atoms with van der Waals surface area (Å²) >= 11 is 6.06. The van der Waals surface area contributed by atoms with E-state index in [0.29, 0.717) is 31.1 Å². The molecule has 2 saturated heterocycles. The maximum absolute atomic E-state index is 13.9. The molecule has 1 atom stereocenters. The van der Waals surface area contributed by atoms with Crippen molar-refractivity contribution < 1.29 is 32.0 Å². The maximum atomic E-state index is 13.9. The van der Waals surface area contributed by atoms with E-state index < -0.39 is 23.2 Å². The number of carbonyl (C=O) groups excluding carboxylic acids is 2. The zero-order chi connectivity index (χ0) is 33.1. The fourth-order valence-electron chi connectivity index (χ4n) is 6.31. The van der Waals surface area contributed by atoms with Gasteiger partial charge in [0.1, 0.15) is 11.6 Å². The molecule has 4 aromatic rings. The van der Waals surface area contributed by atoms with Gasteiger partial charge in [-0.25, -0.2) is 0 Å². The molecule has 3 aromatic carbocycles. The van der Waals surface area contributed by atoms with E-state index in [-0.39, 0.29) is 41.1 Å². The lowest BCUT2D eigenvalue weighted by Gasteiger charge is -2.35. The normalized spacial score (nSPS) is 16.6. The third-order valence-electron chi connectivity index (χ3n) is 8.82. The highest BCUT2D eigenvalue weighted by Crippen LogP contribution is 2.33. The van der Waals surface area contributed by atoms with Crippen LogP contribution < -0.4 is 15.7 Å². The lowest BCUT2D eigenvalue weighted by atomic mass is 9.86. The Morgan fingerprint density at radius 1 is 1.00 bits per heavy atom. The van der Waals surface area contributed by atoms with E-state index in [1.54, 1.807) is 29.2 Å². The molecule has 2 aliphatic heterocycles. The van der Waals surface area contributed by atoms with Crippen LogP contribution >= 0.6 is 11.6 Å². The molecule has 246 valence electrons. The van der Waals surface area contributed by atoms with Crippen LogP contribution in [0.3, 0.4) is 0 Å². The summed E-state index contributed by atoms with van der Waals surface area (Å²) in [5.41, 5.74) is 4.12. The van der Waals surface area contributed by atoms with Gasteiger partial charge < -0.3 is 19.1 Å². The molecule has 2 aliphatic rings.